The zero-order chi connectivity index (χ0) is 19.3. The van der Waals surface area contributed by atoms with E-state index in [1.807, 2.05) is 30.3 Å². The zero-order valence-corrected chi connectivity index (χ0v) is 16.7. The first-order valence-electron chi connectivity index (χ1n) is 10.4. The SMILES string of the molecule is CCN1CCN(C[C@@H]2CN(Cc3nc(-c4ccccc4)no3)C[C@@H]2CO)CC1. The molecule has 152 valence electrons. The molecule has 2 saturated heterocycles. The number of aliphatic hydroxyl groups is 1. The lowest BCUT2D eigenvalue weighted by molar-refractivity contribution is 0.106. The third-order valence-electron chi connectivity index (χ3n) is 6.15. The van der Waals surface area contributed by atoms with Gasteiger partial charge < -0.3 is 19.4 Å². The summed E-state index contributed by atoms with van der Waals surface area (Å²) in [6.45, 7) is 11.8. The summed E-state index contributed by atoms with van der Waals surface area (Å²) >= 11 is 0. The summed E-state index contributed by atoms with van der Waals surface area (Å²) < 4.78 is 5.48. The van der Waals surface area contributed by atoms with Crippen molar-refractivity contribution in [1.29, 1.82) is 0 Å². The minimum Gasteiger partial charge on any atom is -0.396 e. The Kier molecular flexibility index (Phi) is 6.36. The summed E-state index contributed by atoms with van der Waals surface area (Å²) in [7, 11) is 0. The first kappa shape index (κ1) is 19.5. The maximum Gasteiger partial charge on any atom is 0.241 e. The van der Waals surface area contributed by atoms with E-state index in [1.165, 1.54) is 0 Å². The molecular weight excluding hydrogens is 354 g/mol. The van der Waals surface area contributed by atoms with Gasteiger partial charge >= 0.3 is 0 Å². The Bertz CT molecular complexity index is 729. The van der Waals surface area contributed by atoms with Crippen molar-refractivity contribution in [2.75, 3.05) is 59.0 Å². The number of likely N-dealkylation sites (N-methyl/N-ethyl adjacent to an activating group) is 1. The third kappa shape index (κ3) is 4.60. The molecule has 28 heavy (non-hydrogen) atoms. The van der Waals surface area contributed by atoms with Crippen molar-refractivity contribution in [1.82, 2.24) is 24.8 Å². The van der Waals surface area contributed by atoms with Gasteiger partial charge in [0.05, 0.1) is 6.54 Å². The number of hydrogen-bond donors (Lipinski definition) is 1. The molecule has 0 unspecified atom stereocenters. The Morgan fingerprint density at radius 2 is 1.71 bits per heavy atom. The van der Waals surface area contributed by atoms with Crippen LogP contribution in [0.1, 0.15) is 12.8 Å². The second kappa shape index (κ2) is 9.13. The normalized spacial score (nSPS) is 24.8. The molecule has 0 spiro atoms. The third-order valence-corrected chi connectivity index (χ3v) is 6.15. The Morgan fingerprint density at radius 1 is 1.00 bits per heavy atom. The molecule has 7 nitrogen and oxygen atoms in total. The van der Waals surface area contributed by atoms with Crippen LogP contribution in [0.15, 0.2) is 34.9 Å². The van der Waals surface area contributed by atoms with Gasteiger partial charge in [-0.2, -0.15) is 4.98 Å². The Hall–Kier alpha value is -1.80. The molecule has 0 bridgehead atoms. The summed E-state index contributed by atoms with van der Waals surface area (Å²) in [6, 6.07) is 9.90. The number of rotatable bonds is 7. The van der Waals surface area contributed by atoms with Crippen LogP contribution in [0, 0.1) is 11.8 Å². The van der Waals surface area contributed by atoms with E-state index >= 15 is 0 Å². The van der Waals surface area contributed by atoms with Crippen molar-refractivity contribution in [2.45, 2.75) is 13.5 Å². The number of benzene rings is 1. The molecule has 2 aliphatic rings. The highest BCUT2D eigenvalue weighted by molar-refractivity contribution is 5.53. The molecule has 3 heterocycles. The zero-order valence-electron chi connectivity index (χ0n) is 16.7. The summed E-state index contributed by atoms with van der Waals surface area (Å²) in [5.74, 6) is 2.10. The molecule has 1 N–H and O–H groups in total. The fourth-order valence-corrected chi connectivity index (χ4v) is 4.41. The highest BCUT2D eigenvalue weighted by Gasteiger charge is 2.34. The molecule has 2 aromatic rings. The summed E-state index contributed by atoms with van der Waals surface area (Å²) in [6.07, 6.45) is 0. The van der Waals surface area contributed by atoms with E-state index in [-0.39, 0.29) is 6.61 Å². The Labute approximate surface area is 166 Å². The van der Waals surface area contributed by atoms with Crippen molar-refractivity contribution in [2.24, 2.45) is 11.8 Å². The summed E-state index contributed by atoms with van der Waals surface area (Å²) in [5, 5.41) is 14.0. The molecule has 4 rings (SSSR count). The van der Waals surface area contributed by atoms with Gasteiger partial charge in [0.25, 0.3) is 0 Å². The van der Waals surface area contributed by atoms with E-state index in [9.17, 15) is 5.11 Å². The van der Waals surface area contributed by atoms with Gasteiger partial charge in [-0.25, -0.2) is 0 Å². The van der Waals surface area contributed by atoms with Gasteiger partial charge in [-0.1, -0.05) is 42.4 Å². The first-order chi connectivity index (χ1) is 13.7. The quantitative estimate of drug-likeness (QED) is 0.773. The maximum absolute atomic E-state index is 9.88. The minimum absolute atomic E-state index is 0.245. The van der Waals surface area contributed by atoms with Crippen LogP contribution in [0.3, 0.4) is 0 Å². The van der Waals surface area contributed by atoms with E-state index in [4.69, 9.17) is 4.52 Å². The van der Waals surface area contributed by atoms with E-state index < -0.39 is 0 Å². The van der Waals surface area contributed by atoms with Crippen molar-refractivity contribution < 1.29 is 9.63 Å². The number of piperazine rings is 1. The Balaban J connectivity index is 1.32. The maximum atomic E-state index is 9.88. The van der Waals surface area contributed by atoms with Crippen molar-refractivity contribution in [3.8, 4) is 11.4 Å². The lowest BCUT2D eigenvalue weighted by Crippen LogP contribution is -2.48. The van der Waals surface area contributed by atoms with Gasteiger partial charge in [-0.3, -0.25) is 4.90 Å². The van der Waals surface area contributed by atoms with E-state index in [1.54, 1.807) is 0 Å². The molecule has 1 aromatic carbocycles. The summed E-state index contributed by atoms with van der Waals surface area (Å²) in [4.78, 5) is 12.0. The Morgan fingerprint density at radius 3 is 2.43 bits per heavy atom. The van der Waals surface area contributed by atoms with Crippen LogP contribution >= 0.6 is 0 Å². The van der Waals surface area contributed by atoms with Crippen LogP contribution in [0.5, 0.6) is 0 Å². The smallest absolute Gasteiger partial charge is 0.241 e. The second-order valence-corrected chi connectivity index (χ2v) is 8.01. The number of aliphatic hydroxyl groups excluding tert-OH is 1. The van der Waals surface area contributed by atoms with Crippen LogP contribution in [-0.2, 0) is 6.54 Å². The monoisotopic (exact) mass is 385 g/mol. The van der Waals surface area contributed by atoms with E-state index in [0.717, 1.165) is 57.9 Å². The molecule has 2 fully saturated rings. The molecule has 2 atom stereocenters. The van der Waals surface area contributed by atoms with Crippen molar-refractivity contribution in [3.63, 3.8) is 0 Å². The highest BCUT2D eigenvalue weighted by Crippen LogP contribution is 2.26. The van der Waals surface area contributed by atoms with Gasteiger partial charge in [0.1, 0.15) is 0 Å². The summed E-state index contributed by atoms with van der Waals surface area (Å²) in [5.41, 5.74) is 0.969. The largest absolute Gasteiger partial charge is 0.396 e. The topological polar surface area (TPSA) is 68.9 Å². The molecule has 0 saturated carbocycles. The fourth-order valence-electron chi connectivity index (χ4n) is 4.41. The molecule has 0 radical (unpaired) electrons. The van der Waals surface area contributed by atoms with Crippen molar-refractivity contribution in [3.05, 3.63) is 36.2 Å². The fraction of sp³-hybridized carbons (Fsp3) is 0.619. The van der Waals surface area contributed by atoms with E-state index in [2.05, 4.69) is 31.8 Å². The van der Waals surface area contributed by atoms with Crippen LogP contribution in [0.2, 0.25) is 0 Å². The molecule has 1 aromatic heterocycles. The highest BCUT2D eigenvalue weighted by atomic mass is 16.5. The van der Waals surface area contributed by atoms with E-state index in [0.29, 0.717) is 30.1 Å². The van der Waals surface area contributed by atoms with Gasteiger partial charge in [0.2, 0.25) is 11.7 Å². The molecule has 7 heteroatoms. The molecular formula is C21H31N5O2. The number of aromatic nitrogens is 2. The van der Waals surface area contributed by atoms with Crippen LogP contribution < -0.4 is 0 Å². The lowest BCUT2D eigenvalue weighted by atomic mass is 9.96. The van der Waals surface area contributed by atoms with Gasteiger partial charge in [-0.15, -0.1) is 0 Å². The van der Waals surface area contributed by atoms with Crippen LogP contribution in [-0.4, -0.2) is 88.9 Å². The van der Waals surface area contributed by atoms with Gasteiger partial charge in [-0.05, 0) is 18.4 Å². The average molecular weight is 386 g/mol. The first-order valence-corrected chi connectivity index (χ1v) is 10.4. The van der Waals surface area contributed by atoms with Crippen molar-refractivity contribution >= 4 is 0 Å². The van der Waals surface area contributed by atoms with Crippen LogP contribution in [0.4, 0.5) is 0 Å². The minimum atomic E-state index is 0.245. The number of nitrogens with zero attached hydrogens (tertiary/aromatic N) is 5. The number of likely N-dealkylation sites (tertiary alicyclic amines) is 1. The van der Waals surface area contributed by atoms with Gasteiger partial charge in [0, 0.05) is 58.0 Å². The standard InChI is InChI=1S/C21H31N5O2/c1-2-24-8-10-25(11-9-24)12-18-13-26(14-19(18)16-27)15-20-22-21(23-28-20)17-6-4-3-5-7-17/h3-7,18-19,27H,2,8-16H2,1H3/t18-,19-/m1/s1. The predicted octanol–water partition coefficient (Wildman–Crippen LogP) is 1.41. The second-order valence-electron chi connectivity index (χ2n) is 8.01. The molecule has 0 amide bonds. The molecule has 0 aliphatic carbocycles. The predicted molar refractivity (Wildman–Crippen MR) is 108 cm³/mol. The number of hydrogen-bond acceptors (Lipinski definition) is 7. The van der Waals surface area contributed by atoms with Gasteiger partial charge in [0.15, 0.2) is 0 Å². The average Bonchev–Trinajstić information content (AvgIpc) is 3.36. The van der Waals surface area contributed by atoms with Crippen LogP contribution in [0.25, 0.3) is 11.4 Å². The molecule has 2 aliphatic heterocycles. The lowest BCUT2D eigenvalue weighted by Gasteiger charge is -2.36.